The minimum absolute atomic E-state index is 0.266. The van der Waals surface area contributed by atoms with Crippen molar-refractivity contribution in [3.63, 3.8) is 0 Å². The summed E-state index contributed by atoms with van der Waals surface area (Å²) >= 11 is 6.32. The first kappa shape index (κ1) is 13.7. The summed E-state index contributed by atoms with van der Waals surface area (Å²) in [4.78, 5) is 6.67. The van der Waals surface area contributed by atoms with E-state index in [1.165, 1.54) is 19.3 Å². The van der Waals surface area contributed by atoms with E-state index in [0.29, 0.717) is 16.6 Å². The Balaban J connectivity index is 1.97. The number of halogens is 1. The second-order valence-electron chi connectivity index (χ2n) is 5.58. The number of phenolic OH excluding ortho intramolecular Hbond substituents is 1. The van der Waals surface area contributed by atoms with Gasteiger partial charge in [-0.1, -0.05) is 18.0 Å². The van der Waals surface area contributed by atoms with Gasteiger partial charge in [0.25, 0.3) is 0 Å². The predicted molar refractivity (Wildman–Crippen MR) is 82.1 cm³/mol. The number of likely N-dealkylation sites (tertiary alicyclic amines) is 1. The summed E-state index contributed by atoms with van der Waals surface area (Å²) in [5.74, 6) is 0.266. The third-order valence-electron chi connectivity index (χ3n) is 4.21. The van der Waals surface area contributed by atoms with Crippen molar-refractivity contribution in [2.24, 2.45) is 0 Å². The van der Waals surface area contributed by atoms with Crippen LogP contribution in [-0.4, -0.2) is 27.6 Å². The van der Waals surface area contributed by atoms with Crippen molar-refractivity contribution in [1.82, 2.24) is 9.88 Å². The fourth-order valence-corrected chi connectivity index (χ4v) is 3.25. The largest absolute Gasteiger partial charge is 0.505 e. The van der Waals surface area contributed by atoms with E-state index in [-0.39, 0.29) is 5.75 Å². The molecule has 3 rings (SSSR count). The Kier molecular flexibility index (Phi) is 3.81. The lowest BCUT2D eigenvalue weighted by Gasteiger charge is -2.33. The molecule has 1 aromatic heterocycles. The molecule has 0 unspecified atom stereocenters. The highest BCUT2D eigenvalue weighted by molar-refractivity contribution is 6.35. The Morgan fingerprint density at radius 1 is 1.45 bits per heavy atom. The molecule has 0 radical (unpaired) electrons. The number of pyridine rings is 1. The molecule has 1 atom stereocenters. The molecule has 0 amide bonds. The van der Waals surface area contributed by atoms with Crippen LogP contribution in [0.2, 0.25) is 5.02 Å². The van der Waals surface area contributed by atoms with Crippen molar-refractivity contribution in [3.8, 4) is 5.75 Å². The van der Waals surface area contributed by atoms with Crippen LogP contribution in [-0.2, 0) is 6.54 Å². The number of aromatic hydroxyl groups is 1. The van der Waals surface area contributed by atoms with Gasteiger partial charge in [0.15, 0.2) is 0 Å². The molecule has 2 heterocycles. The Morgan fingerprint density at radius 2 is 2.30 bits per heavy atom. The summed E-state index contributed by atoms with van der Waals surface area (Å²) < 4.78 is 0. The van der Waals surface area contributed by atoms with Crippen molar-refractivity contribution in [2.45, 2.75) is 38.8 Å². The highest BCUT2D eigenvalue weighted by Crippen LogP contribution is 2.34. The number of piperidine rings is 1. The molecule has 1 aromatic carbocycles. The van der Waals surface area contributed by atoms with E-state index in [9.17, 15) is 5.11 Å². The van der Waals surface area contributed by atoms with Gasteiger partial charge in [-0.3, -0.25) is 9.88 Å². The lowest BCUT2D eigenvalue weighted by atomic mass is 10.0. The second-order valence-corrected chi connectivity index (χ2v) is 5.99. The predicted octanol–water partition coefficient (Wildman–Crippen LogP) is 3.97. The van der Waals surface area contributed by atoms with Crippen LogP contribution in [0.3, 0.4) is 0 Å². The van der Waals surface area contributed by atoms with Crippen LogP contribution in [0.15, 0.2) is 24.4 Å². The molecule has 1 aliphatic rings. The van der Waals surface area contributed by atoms with Gasteiger partial charge in [-0.25, -0.2) is 0 Å². The van der Waals surface area contributed by atoms with E-state index in [0.717, 1.165) is 24.0 Å². The molecule has 0 saturated carbocycles. The zero-order valence-corrected chi connectivity index (χ0v) is 12.4. The maximum Gasteiger partial charge on any atom is 0.146 e. The highest BCUT2D eigenvalue weighted by atomic mass is 35.5. The monoisotopic (exact) mass is 290 g/mol. The summed E-state index contributed by atoms with van der Waals surface area (Å²) in [6.45, 7) is 4.06. The first-order valence-electron chi connectivity index (χ1n) is 7.16. The number of hydrogen-bond donors (Lipinski definition) is 1. The van der Waals surface area contributed by atoms with Gasteiger partial charge in [-0.05, 0) is 44.5 Å². The molecule has 1 fully saturated rings. The zero-order valence-electron chi connectivity index (χ0n) is 11.6. The van der Waals surface area contributed by atoms with Gasteiger partial charge in [-0.2, -0.15) is 0 Å². The normalized spacial score (nSPS) is 20.4. The number of hydrogen-bond acceptors (Lipinski definition) is 3. The maximum atomic E-state index is 10.4. The van der Waals surface area contributed by atoms with E-state index in [2.05, 4.69) is 16.8 Å². The van der Waals surface area contributed by atoms with E-state index in [1.54, 1.807) is 6.20 Å². The third-order valence-corrected chi connectivity index (χ3v) is 4.52. The van der Waals surface area contributed by atoms with E-state index in [1.807, 2.05) is 18.2 Å². The van der Waals surface area contributed by atoms with Crippen LogP contribution in [0.25, 0.3) is 10.9 Å². The Morgan fingerprint density at radius 3 is 3.10 bits per heavy atom. The minimum Gasteiger partial charge on any atom is -0.505 e. The SMILES string of the molecule is C[C@H]1CCCCN1Cc1cc(Cl)c2cccnc2c1O. The fourth-order valence-electron chi connectivity index (χ4n) is 2.97. The van der Waals surface area contributed by atoms with Gasteiger partial charge in [0.2, 0.25) is 0 Å². The summed E-state index contributed by atoms with van der Waals surface area (Å²) in [6.07, 6.45) is 5.43. The zero-order chi connectivity index (χ0) is 14.1. The number of phenols is 1. The summed E-state index contributed by atoms with van der Waals surface area (Å²) in [5, 5.41) is 11.9. The van der Waals surface area contributed by atoms with Gasteiger partial charge in [-0.15, -0.1) is 0 Å². The Labute approximate surface area is 124 Å². The first-order chi connectivity index (χ1) is 9.66. The number of rotatable bonds is 2. The molecular formula is C16H19ClN2O. The molecule has 3 nitrogen and oxygen atoms in total. The molecule has 0 aliphatic carbocycles. The Bertz CT molecular complexity index is 629. The van der Waals surface area contributed by atoms with Crippen LogP contribution in [0.5, 0.6) is 5.75 Å². The summed E-state index contributed by atoms with van der Waals surface area (Å²) in [6, 6.07) is 6.15. The molecule has 4 heteroatoms. The summed E-state index contributed by atoms with van der Waals surface area (Å²) in [5.41, 5.74) is 1.47. The van der Waals surface area contributed by atoms with Crippen LogP contribution < -0.4 is 0 Å². The van der Waals surface area contributed by atoms with Crippen LogP contribution >= 0.6 is 11.6 Å². The maximum absolute atomic E-state index is 10.4. The molecule has 0 bridgehead atoms. The van der Waals surface area contributed by atoms with E-state index < -0.39 is 0 Å². The van der Waals surface area contributed by atoms with Gasteiger partial charge in [0.05, 0.1) is 5.02 Å². The van der Waals surface area contributed by atoms with Gasteiger partial charge in [0, 0.05) is 29.7 Å². The Hall–Kier alpha value is -1.32. The average Bonchev–Trinajstić information content (AvgIpc) is 2.47. The molecule has 0 spiro atoms. The van der Waals surface area contributed by atoms with Gasteiger partial charge in [0.1, 0.15) is 11.3 Å². The quantitative estimate of drug-likeness (QED) is 0.909. The smallest absolute Gasteiger partial charge is 0.146 e. The third kappa shape index (κ3) is 2.48. The standard InChI is InChI=1S/C16H19ClN2O/c1-11-5-2-3-8-19(11)10-12-9-14(17)13-6-4-7-18-15(13)16(12)20/h4,6-7,9,11,20H,2-3,5,8,10H2,1H3/t11-/m0/s1. The van der Waals surface area contributed by atoms with Crippen molar-refractivity contribution < 1.29 is 5.11 Å². The molecule has 106 valence electrons. The van der Waals surface area contributed by atoms with E-state index in [4.69, 9.17) is 11.6 Å². The van der Waals surface area contributed by atoms with Crippen molar-refractivity contribution in [2.75, 3.05) is 6.54 Å². The summed E-state index contributed by atoms with van der Waals surface area (Å²) in [7, 11) is 0. The number of nitrogens with zero attached hydrogens (tertiary/aromatic N) is 2. The van der Waals surface area contributed by atoms with Crippen LogP contribution in [0.4, 0.5) is 0 Å². The first-order valence-corrected chi connectivity index (χ1v) is 7.53. The van der Waals surface area contributed by atoms with Gasteiger partial charge >= 0.3 is 0 Å². The average molecular weight is 291 g/mol. The van der Waals surface area contributed by atoms with Crippen molar-refractivity contribution >= 4 is 22.5 Å². The highest BCUT2D eigenvalue weighted by Gasteiger charge is 2.20. The number of benzene rings is 1. The van der Waals surface area contributed by atoms with Crippen LogP contribution in [0, 0.1) is 0 Å². The minimum atomic E-state index is 0.266. The lowest BCUT2D eigenvalue weighted by molar-refractivity contribution is 0.151. The molecular weight excluding hydrogens is 272 g/mol. The molecule has 1 saturated heterocycles. The molecule has 1 N–H and O–H groups in total. The molecule has 1 aliphatic heterocycles. The van der Waals surface area contributed by atoms with Crippen molar-refractivity contribution in [3.05, 3.63) is 35.0 Å². The molecule has 20 heavy (non-hydrogen) atoms. The van der Waals surface area contributed by atoms with E-state index >= 15 is 0 Å². The number of aromatic nitrogens is 1. The van der Waals surface area contributed by atoms with Crippen LogP contribution in [0.1, 0.15) is 31.7 Å². The lowest BCUT2D eigenvalue weighted by Crippen LogP contribution is -2.36. The second kappa shape index (κ2) is 5.58. The molecule has 2 aromatic rings. The fraction of sp³-hybridized carbons (Fsp3) is 0.438. The topological polar surface area (TPSA) is 36.4 Å². The van der Waals surface area contributed by atoms with Gasteiger partial charge < -0.3 is 5.11 Å². The number of fused-ring (bicyclic) bond motifs is 1. The van der Waals surface area contributed by atoms with Crippen molar-refractivity contribution in [1.29, 1.82) is 0 Å².